The number of ether oxygens (including phenoxy) is 1. The lowest BCUT2D eigenvalue weighted by Crippen LogP contribution is -2.42. The Balaban J connectivity index is 1.49. The molecule has 0 unspecified atom stereocenters. The second-order valence-electron chi connectivity index (χ2n) is 7.15. The zero-order valence-electron chi connectivity index (χ0n) is 14.4. The molecule has 2 aromatic rings. The maximum Gasteiger partial charge on any atom is 0.410 e. The van der Waals surface area contributed by atoms with E-state index in [2.05, 4.69) is 25.5 Å². The van der Waals surface area contributed by atoms with Crippen LogP contribution in [0, 0.1) is 5.92 Å². The fraction of sp³-hybridized carbons (Fsp3) is 0.625. The van der Waals surface area contributed by atoms with Crippen LogP contribution in [-0.2, 0) is 4.74 Å². The van der Waals surface area contributed by atoms with E-state index in [1.165, 1.54) is 6.33 Å². The van der Waals surface area contributed by atoms with E-state index >= 15 is 0 Å². The molecule has 3 heterocycles. The first kappa shape index (κ1) is 16.5. The van der Waals surface area contributed by atoms with Crippen LogP contribution < -0.4 is 5.32 Å². The Morgan fingerprint density at radius 1 is 1.38 bits per heavy atom. The molecule has 0 aromatic carbocycles. The summed E-state index contributed by atoms with van der Waals surface area (Å²) in [7, 11) is 0. The van der Waals surface area contributed by atoms with Crippen LogP contribution in [0.5, 0.6) is 0 Å². The molecule has 3 rings (SSSR count). The number of hydrogen-bond donors (Lipinski definition) is 2. The predicted molar refractivity (Wildman–Crippen MR) is 90.7 cm³/mol. The van der Waals surface area contributed by atoms with E-state index in [1.54, 1.807) is 11.1 Å². The van der Waals surface area contributed by atoms with Gasteiger partial charge in [0, 0.05) is 19.6 Å². The number of rotatable bonds is 3. The minimum atomic E-state index is -0.446. The fourth-order valence-electron chi connectivity index (χ4n) is 2.79. The normalized spacial score (nSPS) is 16.4. The van der Waals surface area contributed by atoms with Crippen LogP contribution in [-0.4, -0.2) is 56.4 Å². The number of anilines is 1. The zero-order chi connectivity index (χ0) is 17.2. The Kier molecular flexibility index (Phi) is 4.55. The van der Waals surface area contributed by atoms with E-state index in [0.29, 0.717) is 5.92 Å². The SMILES string of the molecule is CC(C)(C)OC(=O)N1CCC(CNc2ncnc3[nH]ncc23)CC1. The molecule has 130 valence electrons. The molecule has 0 saturated carbocycles. The molecule has 1 aliphatic heterocycles. The van der Waals surface area contributed by atoms with Crippen molar-refractivity contribution in [2.45, 2.75) is 39.2 Å². The number of carbonyl (C=O) groups is 1. The summed E-state index contributed by atoms with van der Waals surface area (Å²) >= 11 is 0. The van der Waals surface area contributed by atoms with Gasteiger partial charge in [-0.2, -0.15) is 5.10 Å². The first-order valence-electron chi connectivity index (χ1n) is 8.28. The van der Waals surface area contributed by atoms with Crippen molar-refractivity contribution in [2.75, 3.05) is 25.0 Å². The van der Waals surface area contributed by atoms with Crippen molar-refractivity contribution >= 4 is 22.9 Å². The number of aromatic amines is 1. The smallest absolute Gasteiger partial charge is 0.410 e. The van der Waals surface area contributed by atoms with Gasteiger partial charge in [-0.3, -0.25) is 5.10 Å². The maximum atomic E-state index is 12.1. The number of amides is 1. The van der Waals surface area contributed by atoms with Gasteiger partial charge < -0.3 is 15.0 Å². The largest absolute Gasteiger partial charge is 0.444 e. The zero-order valence-corrected chi connectivity index (χ0v) is 14.4. The van der Waals surface area contributed by atoms with Gasteiger partial charge in [-0.15, -0.1) is 0 Å². The number of fused-ring (bicyclic) bond motifs is 1. The van der Waals surface area contributed by atoms with Gasteiger partial charge in [0.05, 0.1) is 11.6 Å². The molecule has 0 radical (unpaired) electrons. The van der Waals surface area contributed by atoms with E-state index in [1.807, 2.05) is 20.8 Å². The third-order valence-corrected chi connectivity index (χ3v) is 4.07. The molecule has 1 aliphatic rings. The van der Waals surface area contributed by atoms with E-state index in [-0.39, 0.29) is 6.09 Å². The highest BCUT2D eigenvalue weighted by molar-refractivity contribution is 5.85. The Labute approximate surface area is 141 Å². The van der Waals surface area contributed by atoms with Crippen LogP contribution in [0.4, 0.5) is 10.6 Å². The molecule has 0 aliphatic carbocycles. The molecule has 24 heavy (non-hydrogen) atoms. The molecular formula is C16H24N6O2. The number of piperidine rings is 1. The van der Waals surface area contributed by atoms with Crippen molar-refractivity contribution in [1.82, 2.24) is 25.1 Å². The van der Waals surface area contributed by atoms with Crippen molar-refractivity contribution in [2.24, 2.45) is 5.92 Å². The molecule has 0 atom stereocenters. The number of aromatic nitrogens is 4. The number of likely N-dealkylation sites (tertiary alicyclic amines) is 1. The molecule has 0 bridgehead atoms. The summed E-state index contributed by atoms with van der Waals surface area (Å²) in [4.78, 5) is 22.3. The van der Waals surface area contributed by atoms with Gasteiger partial charge in [-0.25, -0.2) is 14.8 Å². The standard InChI is InChI=1S/C16H24N6O2/c1-16(2,3)24-15(23)22-6-4-11(5-7-22)8-17-13-12-9-20-21-14(12)19-10-18-13/h9-11H,4-8H2,1-3H3,(H2,17,18,19,20,21). The number of nitrogens with zero attached hydrogens (tertiary/aromatic N) is 4. The van der Waals surface area contributed by atoms with Crippen molar-refractivity contribution in [1.29, 1.82) is 0 Å². The van der Waals surface area contributed by atoms with E-state index in [4.69, 9.17) is 4.74 Å². The number of carbonyl (C=O) groups excluding carboxylic acids is 1. The number of nitrogens with one attached hydrogen (secondary N) is 2. The molecular weight excluding hydrogens is 308 g/mol. The van der Waals surface area contributed by atoms with Crippen molar-refractivity contribution in [3.63, 3.8) is 0 Å². The van der Waals surface area contributed by atoms with E-state index in [0.717, 1.165) is 49.3 Å². The summed E-state index contributed by atoms with van der Waals surface area (Å²) < 4.78 is 5.43. The van der Waals surface area contributed by atoms with Gasteiger partial charge in [0.2, 0.25) is 0 Å². The van der Waals surface area contributed by atoms with Crippen LogP contribution in [0.15, 0.2) is 12.5 Å². The third kappa shape index (κ3) is 3.93. The highest BCUT2D eigenvalue weighted by Gasteiger charge is 2.26. The van der Waals surface area contributed by atoms with Gasteiger partial charge in [0.1, 0.15) is 17.7 Å². The predicted octanol–water partition coefficient (Wildman–Crippen LogP) is 2.41. The molecule has 8 nitrogen and oxygen atoms in total. The van der Waals surface area contributed by atoms with Crippen molar-refractivity contribution in [3.8, 4) is 0 Å². The Bertz CT molecular complexity index is 700. The molecule has 0 spiro atoms. The van der Waals surface area contributed by atoms with Gasteiger partial charge in [-0.1, -0.05) is 0 Å². The Morgan fingerprint density at radius 3 is 2.83 bits per heavy atom. The van der Waals surface area contributed by atoms with Crippen LogP contribution in [0.2, 0.25) is 0 Å². The average Bonchev–Trinajstić information content (AvgIpc) is 3.01. The molecule has 2 N–H and O–H groups in total. The second-order valence-corrected chi connectivity index (χ2v) is 7.15. The molecule has 2 aromatic heterocycles. The average molecular weight is 332 g/mol. The Hall–Kier alpha value is -2.38. The minimum absolute atomic E-state index is 0.218. The maximum absolute atomic E-state index is 12.1. The molecule has 1 saturated heterocycles. The Morgan fingerprint density at radius 2 is 2.12 bits per heavy atom. The topological polar surface area (TPSA) is 96.0 Å². The lowest BCUT2D eigenvalue weighted by Gasteiger charge is -2.33. The highest BCUT2D eigenvalue weighted by atomic mass is 16.6. The third-order valence-electron chi connectivity index (χ3n) is 4.07. The van der Waals surface area contributed by atoms with Gasteiger partial charge in [-0.05, 0) is 39.5 Å². The van der Waals surface area contributed by atoms with Crippen molar-refractivity contribution < 1.29 is 9.53 Å². The van der Waals surface area contributed by atoms with Crippen molar-refractivity contribution in [3.05, 3.63) is 12.5 Å². The first-order valence-corrected chi connectivity index (χ1v) is 8.28. The van der Waals surface area contributed by atoms with Crippen LogP contribution >= 0.6 is 0 Å². The summed E-state index contributed by atoms with van der Waals surface area (Å²) in [6.45, 7) is 7.94. The van der Waals surface area contributed by atoms with Crippen LogP contribution in [0.3, 0.4) is 0 Å². The van der Waals surface area contributed by atoms with Gasteiger partial charge in [0.25, 0.3) is 0 Å². The van der Waals surface area contributed by atoms with E-state index < -0.39 is 5.60 Å². The quantitative estimate of drug-likeness (QED) is 0.896. The van der Waals surface area contributed by atoms with Gasteiger partial charge >= 0.3 is 6.09 Å². The molecule has 1 fully saturated rings. The highest BCUT2D eigenvalue weighted by Crippen LogP contribution is 2.22. The van der Waals surface area contributed by atoms with Crippen LogP contribution in [0.1, 0.15) is 33.6 Å². The molecule has 1 amide bonds. The van der Waals surface area contributed by atoms with Gasteiger partial charge in [0.15, 0.2) is 5.65 Å². The van der Waals surface area contributed by atoms with E-state index in [9.17, 15) is 4.79 Å². The lowest BCUT2D eigenvalue weighted by molar-refractivity contribution is 0.0188. The van der Waals surface area contributed by atoms with Crippen LogP contribution in [0.25, 0.3) is 11.0 Å². The fourth-order valence-corrected chi connectivity index (χ4v) is 2.79. The molecule has 8 heteroatoms. The summed E-state index contributed by atoms with van der Waals surface area (Å²) in [5.41, 5.74) is 0.283. The number of hydrogen-bond acceptors (Lipinski definition) is 6. The summed E-state index contributed by atoms with van der Waals surface area (Å²) in [5.74, 6) is 1.30. The summed E-state index contributed by atoms with van der Waals surface area (Å²) in [6.07, 6.45) is 4.93. The monoisotopic (exact) mass is 332 g/mol. The minimum Gasteiger partial charge on any atom is -0.444 e. The first-order chi connectivity index (χ1) is 11.4. The second kappa shape index (κ2) is 6.62. The lowest BCUT2D eigenvalue weighted by atomic mass is 9.97. The summed E-state index contributed by atoms with van der Waals surface area (Å²) in [6, 6.07) is 0. The summed E-state index contributed by atoms with van der Waals surface area (Å²) in [5, 5.41) is 11.1. The number of H-pyrrole nitrogens is 1.